The second-order valence-electron chi connectivity index (χ2n) is 6.43. The number of nitrogens with one attached hydrogen (secondary N) is 1. The van der Waals surface area contributed by atoms with E-state index in [0.29, 0.717) is 23.7 Å². The molecule has 1 aliphatic rings. The third-order valence-electron chi connectivity index (χ3n) is 4.84. The lowest BCUT2D eigenvalue weighted by Gasteiger charge is -2.32. The molecule has 29 heavy (non-hydrogen) atoms. The van der Waals surface area contributed by atoms with Crippen molar-refractivity contribution in [2.45, 2.75) is 25.1 Å². The Morgan fingerprint density at radius 3 is 2.72 bits per heavy atom. The average Bonchev–Trinajstić information content (AvgIpc) is 3.21. The van der Waals surface area contributed by atoms with Gasteiger partial charge in [0, 0.05) is 5.56 Å². The number of alkyl halides is 2. The molecule has 10 heteroatoms. The van der Waals surface area contributed by atoms with E-state index in [4.69, 9.17) is 14.2 Å². The Balaban J connectivity index is 1.77. The maximum atomic E-state index is 13.1. The Morgan fingerprint density at radius 2 is 1.97 bits per heavy atom. The maximum absolute atomic E-state index is 13.1. The topological polar surface area (TPSA) is 83.3 Å². The molecule has 1 aromatic heterocycles. The van der Waals surface area contributed by atoms with Crippen molar-refractivity contribution in [2.75, 3.05) is 19.5 Å². The smallest absolute Gasteiger partial charge is 0.387 e. The van der Waals surface area contributed by atoms with E-state index in [2.05, 4.69) is 20.8 Å². The Labute approximate surface area is 165 Å². The normalized spacial score (nSPS) is 18.1. The molecule has 0 fully saturated rings. The molecule has 1 N–H and O–H groups in total. The number of rotatable bonds is 6. The van der Waals surface area contributed by atoms with Gasteiger partial charge >= 0.3 is 6.61 Å². The lowest BCUT2D eigenvalue weighted by molar-refractivity contribution is -0.0521. The van der Waals surface area contributed by atoms with Crippen molar-refractivity contribution in [1.82, 2.24) is 20.2 Å². The fourth-order valence-electron chi connectivity index (χ4n) is 3.54. The van der Waals surface area contributed by atoms with Gasteiger partial charge in [-0.25, -0.2) is 4.68 Å². The molecule has 0 unspecified atom stereocenters. The van der Waals surface area contributed by atoms with Crippen LogP contribution in [0.2, 0.25) is 0 Å². The van der Waals surface area contributed by atoms with Crippen molar-refractivity contribution < 1.29 is 23.0 Å². The summed E-state index contributed by atoms with van der Waals surface area (Å²) in [5.74, 6) is 1.34. The molecule has 0 radical (unpaired) electrons. The summed E-state index contributed by atoms with van der Waals surface area (Å²) >= 11 is 0. The number of ether oxygens (including phenoxy) is 3. The van der Waals surface area contributed by atoms with Gasteiger partial charge in [0.25, 0.3) is 0 Å². The minimum atomic E-state index is -2.99. The molecular weight excluding hydrogens is 384 g/mol. The van der Waals surface area contributed by atoms with Gasteiger partial charge in [-0.15, -0.1) is 0 Å². The van der Waals surface area contributed by atoms with E-state index in [9.17, 15) is 8.78 Å². The van der Waals surface area contributed by atoms with Gasteiger partial charge < -0.3 is 19.5 Å². The minimum Gasteiger partial charge on any atom is -0.497 e. The number of methoxy groups -OCH3 is 2. The number of tetrazole rings is 1. The highest BCUT2D eigenvalue weighted by atomic mass is 19.3. The van der Waals surface area contributed by atoms with Crippen LogP contribution >= 0.6 is 0 Å². The summed E-state index contributed by atoms with van der Waals surface area (Å²) in [7, 11) is 3.00. The zero-order valence-corrected chi connectivity index (χ0v) is 15.8. The molecule has 0 aliphatic carbocycles. The van der Waals surface area contributed by atoms with Gasteiger partial charge in [-0.05, 0) is 40.6 Å². The molecule has 2 atom stereocenters. The number of benzene rings is 2. The van der Waals surface area contributed by atoms with E-state index in [-0.39, 0.29) is 17.5 Å². The van der Waals surface area contributed by atoms with Crippen LogP contribution in [-0.2, 0) is 0 Å². The predicted octanol–water partition coefficient (Wildman–Crippen LogP) is 3.44. The molecule has 0 saturated carbocycles. The molecule has 8 nitrogen and oxygen atoms in total. The van der Waals surface area contributed by atoms with E-state index in [1.807, 2.05) is 24.3 Å². The number of halogens is 2. The molecule has 2 heterocycles. The number of hydrogen-bond donors (Lipinski definition) is 1. The van der Waals surface area contributed by atoms with Gasteiger partial charge in [-0.3, -0.25) is 0 Å². The first-order valence-corrected chi connectivity index (χ1v) is 8.90. The highest BCUT2D eigenvalue weighted by Crippen LogP contribution is 2.44. The van der Waals surface area contributed by atoms with Crippen molar-refractivity contribution in [3.8, 4) is 17.2 Å². The fourth-order valence-corrected chi connectivity index (χ4v) is 3.54. The third-order valence-corrected chi connectivity index (χ3v) is 4.84. The summed E-state index contributed by atoms with van der Waals surface area (Å²) in [5.41, 5.74) is 1.47. The van der Waals surface area contributed by atoms with Gasteiger partial charge in [0.1, 0.15) is 5.75 Å². The average molecular weight is 403 g/mol. The Hall–Kier alpha value is -3.43. The van der Waals surface area contributed by atoms with E-state index >= 15 is 0 Å². The molecule has 0 amide bonds. The van der Waals surface area contributed by atoms with E-state index in [0.717, 1.165) is 5.56 Å². The number of nitrogens with zero attached hydrogens (tertiary/aromatic N) is 4. The fraction of sp³-hybridized carbons (Fsp3) is 0.316. The van der Waals surface area contributed by atoms with Crippen LogP contribution in [0.3, 0.4) is 0 Å². The number of para-hydroxylation sites is 1. The zero-order valence-electron chi connectivity index (χ0n) is 15.8. The molecule has 1 aliphatic heterocycles. The molecule has 2 aromatic carbocycles. The summed E-state index contributed by atoms with van der Waals surface area (Å²) in [5, 5.41) is 15.1. The lowest BCUT2D eigenvalue weighted by Crippen LogP contribution is -2.28. The molecule has 0 bridgehead atoms. The summed E-state index contributed by atoms with van der Waals surface area (Å²) in [4.78, 5) is 0. The first-order chi connectivity index (χ1) is 14.1. The largest absolute Gasteiger partial charge is 0.497 e. The van der Waals surface area contributed by atoms with Crippen LogP contribution in [0, 0.1) is 0 Å². The Morgan fingerprint density at radius 1 is 1.14 bits per heavy atom. The highest BCUT2D eigenvalue weighted by Gasteiger charge is 2.34. The summed E-state index contributed by atoms with van der Waals surface area (Å²) in [6.07, 6.45) is 0.498. The van der Waals surface area contributed by atoms with Crippen LogP contribution in [0.15, 0.2) is 42.5 Å². The highest BCUT2D eigenvalue weighted by molar-refractivity contribution is 5.50. The quantitative estimate of drug-likeness (QED) is 0.675. The zero-order chi connectivity index (χ0) is 20.4. The molecule has 4 rings (SSSR count). The Kier molecular flexibility index (Phi) is 5.15. The van der Waals surface area contributed by atoms with Crippen molar-refractivity contribution in [3.63, 3.8) is 0 Å². The van der Waals surface area contributed by atoms with Gasteiger partial charge in [-0.1, -0.05) is 29.4 Å². The van der Waals surface area contributed by atoms with Gasteiger partial charge in [0.05, 0.1) is 26.3 Å². The van der Waals surface area contributed by atoms with Crippen LogP contribution < -0.4 is 19.5 Å². The summed E-state index contributed by atoms with van der Waals surface area (Å²) < 4.78 is 43.1. The van der Waals surface area contributed by atoms with Crippen LogP contribution in [0.1, 0.15) is 29.6 Å². The van der Waals surface area contributed by atoms with Crippen molar-refractivity contribution in [2.24, 2.45) is 0 Å². The first kappa shape index (κ1) is 18.9. The molecule has 0 spiro atoms. The first-order valence-electron chi connectivity index (χ1n) is 8.90. The molecule has 3 aromatic rings. The second-order valence-corrected chi connectivity index (χ2v) is 6.43. The van der Waals surface area contributed by atoms with Crippen molar-refractivity contribution in [3.05, 3.63) is 53.6 Å². The van der Waals surface area contributed by atoms with Crippen LogP contribution in [0.4, 0.5) is 14.7 Å². The van der Waals surface area contributed by atoms with Gasteiger partial charge in [-0.2, -0.15) is 8.78 Å². The molecule has 152 valence electrons. The monoisotopic (exact) mass is 403 g/mol. The molecular formula is C19H19F2N5O3. The van der Waals surface area contributed by atoms with Crippen LogP contribution in [0.25, 0.3) is 0 Å². The van der Waals surface area contributed by atoms with Crippen LogP contribution in [-0.4, -0.2) is 41.0 Å². The summed E-state index contributed by atoms with van der Waals surface area (Å²) in [6.45, 7) is -2.99. The van der Waals surface area contributed by atoms with Crippen molar-refractivity contribution >= 4 is 5.95 Å². The lowest BCUT2D eigenvalue weighted by atomic mass is 9.92. The third kappa shape index (κ3) is 3.65. The predicted molar refractivity (Wildman–Crippen MR) is 99.6 cm³/mol. The number of aromatic nitrogens is 4. The second kappa shape index (κ2) is 7.90. The van der Waals surface area contributed by atoms with Crippen molar-refractivity contribution in [1.29, 1.82) is 0 Å². The van der Waals surface area contributed by atoms with E-state index in [1.165, 1.54) is 7.11 Å². The van der Waals surface area contributed by atoms with E-state index < -0.39 is 12.7 Å². The molecule has 0 saturated heterocycles. The standard InChI is InChI=1S/C19H19F2N5O3/c1-27-12-6-3-5-11(9-12)14-10-15(26-19(22-14)23-24-25-26)13-7-4-8-16(28-2)17(13)29-18(20)21/h3-9,14-15,18H,10H2,1-2H3,(H,22,23,25)/t14-,15-/m0/s1. The van der Waals surface area contributed by atoms with Crippen LogP contribution in [0.5, 0.6) is 17.2 Å². The number of hydrogen-bond acceptors (Lipinski definition) is 7. The number of fused-ring (bicyclic) bond motifs is 1. The van der Waals surface area contributed by atoms with Gasteiger partial charge in [0.2, 0.25) is 5.95 Å². The SMILES string of the molecule is COc1cccc([C@@H]2C[C@@H](c3cccc(OC)c3OC(F)F)n3nnnc3N2)c1. The maximum Gasteiger partial charge on any atom is 0.387 e. The van der Waals surface area contributed by atoms with E-state index in [1.54, 1.807) is 30.0 Å². The Bertz CT molecular complexity index is 997. The van der Waals surface area contributed by atoms with Gasteiger partial charge in [0.15, 0.2) is 11.5 Å². The summed E-state index contributed by atoms with van der Waals surface area (Å²) in [6, 6.07) is 12.0. The number of anilines is 1. The minimum absolute atomic E-state index is 0.0252.